The van der Waals surface area contributed by atoms with Crippen LogP contribution in [0.15, 0.2) is 48.8 Å². The molecule has 2 aromatic heterocycles. The van der Waals surface area contributed by atoms with Gasteiger partial charge >= 0.3 is 6.18 Å². The van der Waals surface area contributed by atoms with Gasteiger partial charge in [0, 0.05) is 18.8 Å². The summed E-state index contributed by atoms with van der Waals surface area (Å²) in [7, 11) is 0. The smallest absolute Gasteiger partial charge is 0.307 e. The maximum absolute atomic E-state index is 12.5. The summed E-state index contributed by atoms with van der Waals surface area (Å²) in [5.41, 5.74) is 2.98. The van der Waals surface area contributed by atoms with E-state index in [9.17, 15) is 13.2 Å². The highest BCUT2D eigenvalue weighted by Gasteiger charge is 2.29. The lowest BCUT2D eigenvalue weighted by atomic mass is 10.1. The average Bonchev–Trinajstić information content (AvgIpc) is 2.79. The molecule has 0 aliphatic rings. The van der Waals surface area contributed by atoms with Crippen LogP contribution in [0.5, 0.6) is 0 Å². The first kappa shape index (κ1) is 13.7. The number of alkyl halides is 3. The zero-order valence-corrected chi connectivity index (χ0v) is 11.4. The Morgan fingerprint density at radius 1 is 1.10 bits per heavy atom. The second kappa shape index (κ2) is 4.91. The van der Waals surface area contributed by atoms with E-state index >= 15 is 0 Å². The topological polar surface area (TPSA) is 17.3 Å². The first-order valence-corrected chi connectivity index (χ1v) is 6.52. The summed E-state index contributed by atoms with van der Waals surface area (Å²) in [4.78, 5) is 4.48. The van der Waals surface area contributed by atoms with Crippen LogP contribution in [0.25, 0.3) is 5.65 Å². The lowest BCUT2D eigenvalue weighted by Crippen LogP contribution is -2.04. The zero-order chi connectivity index (χ0) is 15.0. The number of halogens is 3. The average molecular weight is 290 g/mol. The Balaban J connectivity index is 1.84. The van der Waals surface area contributed by atoms with Crippen LogP contribution in [0.3, 0.4) is 0 Å². The Kier molecular flexibility index (Phi) is 3.20. The molecular formula is C16H13F3N2. The van der Waals surface area contributed by atoms with E-state index in [0.29, 0.717) is 6.42 Å². The van der Waals surface area contributed by atoms with E-state index in [2.05, 4.69) is 4.98 Å². The molecule has 0 atom stereocenters. The molecule has 3 aromatic rings. The molecule has 2 nitrogen and oxygen atoms in total. The third-order valence-electron chi connectivity index (χ3n) is 3.33. The highest BCUT2D eigenvalue weighted by molar-refractivity contribution is 5.43. The van der Waals surface area contributed by atoms with Crippen molar-refractivity contribution in [2.45, 2.75) is 19.5 Å². The molecule has 0 aliphatic carbocycles. The van der Waals surface area contributed by atoms with Crippen molar-refractivity contribution in [1.29, 1.82) is 0 Å². The third-order valence-corrected chi connectivity index (χ3v) is 3.33. The van der Waals surface area contributed by atoms with E-state index in [-0.39, 0.29) is 0 Å². The van der Waals surface area contributed by atoms with Gasteiger partial charge in [-0.25, -0.2) is 4.98 Å². The fraction of sp³-hybridized carbons (Fsp3) is 0.188. The predicted molar refractivity (Wildman–Crippen MR) is 74.2 cm³/mol. The van der Waals surface area contributed by atoms with Crippen molar-refractivity contribution in [1.82, 2.24) is 9.38 Å². The number of nitrogens with zero attached hydrogens (tertiary/aromatic N) is 2. The Hall–Kier alpha value is -2.30. The Bertz CT molecular complexity index is 770. The van der Waals surface area contributed by atoms with Gasteiger partial charge in [0.15, 0.2) is 0 Å². The summed E-state index contributed by atoms with van der Waals surface area (Å²) in [5, 5.41) is 0. The van der Waals surface area contributed by atoms with Crippen LogP contribution in [0.1, 0.15) is 22.4 Å². The first-order chi connectivity index (χ1) is 9.91. The van der Waals surface area contributed by atoms with Crippen LogP contribution in [-0.2, 0) is 12.6 Å². The van der Waals surface area contributed by atoms with E-state index in [1.165, 1.54) is 12.1 Å². The summed E-state index contributed by atoms with van der Waals surface area (Å²) in [6, 6.07) is 9.16. The number of hydrogen-bond acceptors (Lipinski definition) is 1. The molecule has 1 aromatic carbocycles. The number of benzene rings is 1. The number of aromatic nitrogens is 2. The second-order valence-electron chi connectivity index (χ2n) is 5.07. The summed E-state index contributed by atoms with van der Waals surface area (Å²) in [6.45, 7) is 1.99. The summed E-state index contributed by atoms with van der Waals surface area (Å²) in [5.74, 6) is 0. The molecule has 5 heteroatoms. The minimum atomic E-state index is -4.29. The van der Waals surface area contributed by atoms with Crippen molar-refractivity contribution in [2.75, 3.05) is 0 Å². The van der Waals surface area contributed by atoms with Gasteiger partial charge in [0.05, 0.1) is 11.3 Å². The molecule has 0 saturated heterocycles. The summed E-state index contributed by atoms with van der Waals surface area (Å²) < 4.78 is 39.4. The van der Waals surface area contributed by atoms with Crippen molar-refractivity contribution in [3.63, 3.8) is 0 Å². The van der Waals surface area contributed by atoms with Gasteiger partial charge in [0.1, 0.15) is 5.65 Å². The highest BCUT2D eigenvalue weighted by Crippen LogP contribution is 2.29. The molecule has 2 heterocycles. The molecule has 0 bridgehead atoms. The fourth-order valence-electron chi connectivity index (χ4n) is 2.24. The van der Waals surface area contributed by atoms with Crippen LogP contribution in [0.4, 0.5) is 13.2 Å². The number of fused-ring (bicyclic) bond motifs is 1. The van der Waals surface area contributed by atoms with Crippen LogP contribution in [0.2, 0.25) is 0 Å². The SMILES string of the molecule is Cc1ccn2cc(Cc3ccc(C(F)(F)F)cc3)nc2c1. The standard InChI is InChI=1S/C16H13F3N2/c1-11-6-7-21-10-14(20-15(21)8-11)9-12-2-4-13(5-3-12)16(17,18)19/h2-8,10H,9H2,1H3. The molecule has 0 amide bonds. The molecule has 0 N–H and O–H groups in total. The van der Waals surface area contributed by atoms with Gasteiger partial charge < -0.3 is 4.40 Å². The first-order valence-electron chi connectivity index (χ1n) is 6.52. The minimum Gasteiger partial charge on any atom is -0.307 e. The molecule has 21 heavy (non-hydrogen) atoms. The van der Waals surface area contributed by atoms with Gasteiger partial charge in [-0.15, -0.1) is 0 Å². The molecule has 3 rings (SSSR count). The van der Waals surface area contributed by atoms with Gasteiger partial charge in [0.2, 0.25) is 0 Å². The Labute approximate surface area is 119 Å². The lowest BCUT2D eigenvalue weighted by Gasteiger charge is -2.06. The van der Waals surface area contributed by atoms with Crippen molar-refractivity contribution >= 4 is 5.65 Å². The molecular weight excluding hydrogens is 277 g/mol. The van der Waals surface area contributed by atoms with Crippen LogP contribution < -0.4 is 0 Å². The van der Waals surface area contributed by atoms with Crippen LogP contribution in [-0.4, -0.2) is 9.38 Å². The van der Waals surface area contributed by atoms with Gasteiger partial charge in [-0.05, 0) is 42.3 Å². The van der Waals surface area contributed by atoms with Crippen molar-refractivity contribution < 1.29 is 13.2 Å². The number of imidazole rings is 1. The lowest BCUT2D eigenvalue weighted by molar-refractivity contribution is -0.137. The van der Waals surface area contributed by atoms with Crippen LogP contribution in [0, 0.1) is 6.92 Å². The molecule has 0 radical (unpaired) electrons. The largest absolute Gasteiger partial charge is 0.416 e. The number of rotatable bonds is 2. The van der Waals surface area contributed by atoms with Crippen LogP contribution >= 0.6 is 0 Å². The van der Waals surface area contributed by atoms with Gasteiger partial charge in [-0.2, -0.15) is 13.2 Å². The summed E-state index contributed by atoms with van der Waals surface area (Å²) in [6.07, 6.45) is 0.0401. The van der Waals surface area contributed by atoms with E-state index in [1.807, 2.05) is 35.9 Å². The zero-order valence-electron chi connectivity index (χ0n) is 11.4. The molecule has 0 aliphatic heterocycles. The summed E-state index contributed by atoms with van der Waals surface area (Å²) >= 11 is 0. The van der Waals surface area contributed by atoms with E-state index in [4.69, 9.17) is 0 Å². The van der Waals surface area contributed by atoms with Gasteiger partial charge in [-0.3, -0.25) is 0 Å². The number of aryl methyl sites for hydroxylation is 1. The third kappa shape index (κ3) is 2.91. The van der Waals surface area contributed by atoms with Crippen molar-refractivity contribution in [3.8, 4) is 0 Å². The predicted octanol–water partition coefficient (Wildman–Crippen LogP) is 4.25. The normalized spacial score (nSPS) is 12.0. The quantitative estimate of drug-likeness (QED) is 0.689. The van der Waals surface area contributed by atoms with E-state index in [0.717, 1.165) is 34.6 Å². The fourth-order valence-corrected chi connectivity index (χ4v) is 2.24. The van der Waals surface area contributed by atoms with Crippen molar-refractivity contribution in [3.05, 3.63) is 71.2 Å². The van der Waals surface area contributed by atoms with E-state index < -0.39 is 11.7 Å². The maximum atomic E-state index is 12.5. The molecule has 0 fully saturated rings. The number of pyridine rings is 1. The number of hydrogen-bond donors (Lipinski definition) is 0. The Morgan fingerprint density at radius 2 is 1.81 bits per heavy atom. The molecule has 0 saturated carbocycles. The maximum Gasteiger partial charge on any atom is 0.416 e. The Morgan fingerprint density at radius 3 is 2.48 bits per heavy atom. The van der Waals surface area contributed by atoms with E-state index in [1.54, 1.807) is 0 Å². The van der Waals surface area contributed by atoms with Gasteiger partial charge in [0.25, 0.3) is 0 Å². The van der Waals surface area contributed by atoms with Gasteiger partial charge in [-0.1, -0.05) is 12.1 Å². The highest BCUT2D eigenvalue weighted by atomic mass is 19.4. The molecule has 108 valence electrons. The second-order valence-corrected chi connectivity index (χ2v) is 5.07. The minimum absolute atomic E-state index is 0.513. The van der Waals surface area contributed by atoms with Crippen molar-refractivity contribution in [2.24, 2.45) is 0 Å². The molecule has 0 unspecified atom stereocenters. The molecule has 0 spiro atoms. The monoisotopic (exact) mass is 290 g/mol.